The molecule has 31 heavy (non-hydrogen) atoms. The van der Waals surface area contributed by atoms with Gasteiger partial charge < -0.3 is 14.8 Å². The van der Waals surface area contributed by atoms with Crippen LogP contribution in [-0.2, 0) is 11.3 Å². The highest BCUT2D eigenvalue weighted by Crippen LogP contribution is 2.32. The Balaban J connectivity index is 1.22. The second kappa shape index (κ2) is 8.23. The summed E-state index contributed by atoms with van der Waals surface area (Å²) in [6.07, 6.45) is 0. The zero-order valence-corrected chi connectivity index (χ0v) is 16.9. The van der Waals surface area contributed by atoms with Crippen molar-refractivity contribution in [3.05, 3.63) is 66.0 Å². The Hall–Kier alpha value is -3.66. The van der Waals surface area contributed by atoms with Crippen molar-refractivity contribution in [2.75, 3.05) is 12.5 Å². The fourth-order valence-electron chi connectivity index (χ4n) is 3.07. The van der Waals surface area contributed by atoms with E-state index in [0.29, 0.717) is 40.1 Å². The normalized spacial score (nSPS) is 12.3. The molecule has 8 nitrogen and oxygen atoms in total. The minimum atomic E-state index is -0.325. The van der Waals surface area contributed by atoms with Crippen molar-refractivity contribution in [2.45, 2.75) is 11.6 Å². The number of amides is 1. The molecule has 2 aromatic carbocycles. The van der Waals surface area contributed by atoms with Gasteiger partial charge in [-0.05, 0) is 54.1 Å². The standard InChI is InChI=1S/C21H16FN5O3S/c22-15-4-2-14(3-5-15)21-25-24-18-7-8-20(26-27(18)21)31-11-19(28)23-10-13-1-6-16-17(9-13)30-12-29-16/h1-9H,10-12H2,(H,23,28). The van der Waals surface area contributed by atoms with Gasteiger partial charge in [0.25, 0.3) is 0 Å². The molecule has 0 fully saturated rings. The predicted octanol–water partition coefficient (Wildman–Crippen LogP) is 3.07. The molecule has 0 aliphatic carbocycles. The van der Waals surface area contributed by atoms with Gasteiger partial charge in [0.15, 0.2) is 23.0 Å². The minimum absolute atomic E-state index is 0.118. The Morgan fingerprint density at radius 1 is 1.06 bits per heavy atom. The third-order valence-corrected chi connectivity index (χ3v) is 5.54. The van der Waals surface area contributed by atoms with Crippen LogP contribution < -0.4 is 14.8 Å². The lowest BCUT2D eigenvalue weighted by Crippen LogP contribution is -2.24. The van der Waals surface area contributed by atoms with Gasteiger partial charge in [0.05, 0.1) is 5.75 Å². The van der Waals surface area contributed by atoms with Gasteiger partial charge in [-0.25, -0.2) is 4.39 Å². The average molecular weight is 437 g/mol. The molecule has 0 saturated carbocycles. The first-order valence-electron chi connectivity index (χ1n) is 9.42. The molecule has 156 valence electrons. The largest absolute Gasteiger partial charge is 0.454 e. The van der Waals surface area contributed by atoms with Crippen LogP contribution in [0.3, 0.4) is 0 Å². The summed E-state index contributed by atoms with van der Waals surface area (Å²) in [5.41, 5.74) is 2.19. The molecule has 4 aromatic rings. The van der Waals surface area contributed by atoms with Crippen molar-refractivity contribution in [1.82, 2.24) is 25.1 Å². The number of halogens is 1. The van der Waals surface area contributed by atoms with Crippen LogP contribution in [-0.4, -0.2) is 38.3 Å². The van der Waals surface area contributed by atoms with Crippen LogP contribution in [0.4, 0.5) is 4.39 Å². The number of rotatable bonds is 6. The van der Waals surface area contributed by atoms with Crippen LogP contribution >= 0.6 is 11.8 Å². The summed E-state index contributed by atoms with van der Waals surface area (Å²) >= 11 is 1.30. The highest BCUT2D eigenvalue weighted by Gasteiger charge is 2.14. The molecule has 3 heterocycles. The van der Waals surface area contributed by atoms with Gasteiger partial charge in [0.2, 0.25) is 12.7 Å². The Labute approximate surface area is 180 Å². The van der Waals surface area contributed by atoms with Crippen LogP contribution in [0.1, 0.15) is 5.56 Å². The first-order valence-corrected chi connectivity index (χ1v) is 10.4. The van der Waals surface area contributed by atoms with Crippen LogP contribution in [0.2, 0.25) is 0 Å². The number of carbonyl (C=O) groups is 1. The highest BCUT2D eigenvalue weighted by atomic mass is 32.2. The van der Waals surface area contributed by atoms with Crippen molar-refractivity contribution in [1.29, 1.82) is 0 Å². The van der Waals surface area contributed by atoms with Crippen molar-refractivity contribution in [3.63, 3.8) is 0 Å². The maximum Gasteiger partial charge on any atom is 0.231 e. The maximum atomic E-state index is 13.2. The van der Waals surface area contributed by atoms with E-state index in [0.717, 1.165) is 5.56 Å². The van der Waals surface area contributed by atoms with E-state index in [2.05, 4.69) is 20.6 Å². The smallest absolute Gasteiger partial charge is 0.231 e. The number of nitrogens with zero attached hydrogens (tertiary/aromatic N) is 4. The number of benzene rings is 2. The number of nitrogens with one attached hydrogen (secondary N) is 1. The van der Waals surface area contributed by atoms with Gasteiger partial charge in [0.1, 0.15) is 10.8 Å². The zero-order valence-electron chi connectivity index (χ0n) is 16.1. The first-order chi connectivity index (χ1) is 15.2. The third-order valence-electron chi connectivity index (χ3n) is 4.62. The lowest BCUT2D eigenvalue weighted by Gasteiger charge is -2.06. The lowest BCUT2D eigenvalue weighted by molar-refractivity contribution is -0.118. The van der Waals surface area contributed by atoms with E-state index >= 15 is 0 Å². The molecule has 0 radical (unpaired) electrons. The summed E-state index contributed by atoms with van der Waals surface area (Å²) in [4.78, 5) is 12.3. The summed E-state index contributed by atoms with van der Waals surface area (Å²) in [7, 11) is 0. The van der Waals surface area contributed by atoms with E-state index in [1.165, 1.54) is 23.9 Å². The summed E-state index contributed by atoms with van der Waals surface area (Å²) in [5, 5.41) is 16.3. The van der Waals surface area contributed by atoms with Crippen LogP contribution in [0, 0.1) is 5.82 Å². The van der Waals surface area contributed by atoms with E-state index in [4.69, 9.17) is 9.47 Å². The summed E-state index contributed by atoms with van der Waals surface area (Å²) in [6.45, 7) is 0.608. The van der Waals surface area contributed by atoms with Gasteiger partial charge in [-0.15, -0.1) is 10.2 Å². The molecule has 0 unspecified atom stereocenters. The van der Waals surface area contributed by atoms with E-state index in [9.17, 15) is 9.18 Å². The number of hydrogen-bond acceptors (Lipinski definition) is 7. The topological polar surface area (TPSA) is 90.6 Å². The van der Waals surface area contributed by atoms with E-state index < -0.39 is 0 Å². The number of fused-ring (bicyclic) bond motifs is 2. The Morgan fingerprint density at radius 3 is 2.77 bits per heavy atom. The molecule has 1 aliphatic heterocycles. The molecule has 10 heteroatoms. The molecule has 0 atom stereocenters. The molecular weight excluding hydrogens is 421 g/mol. The predicted molar refractivity (Wildman–Crippen MR) is 111 cm³/mol. The van der Waals surface area contributed by atoms with Gasteiger partial charge in [-0.3, -0.25) is 4.79 Å². The Morgan fingerprint density at radius 2 is 1.90 bits per heavy atom. The maximum absolute atomic E-state index is 13.2. The van der Waals surface area contributed by atoms with Gasteiger partial charge in [-0.1, -0.05) is 17.8 Å². The number of carbonyl (C=O) groups excluding carboxylic acids is 1. The van der Waals surface area contributed by atoms with Crippen molar-refractivity contribution >= 4 is 23.3 Å². The third kappa shape index (κ3) is 4.15. The van der Waals surface area contributed by atoms with Gasteiger partial charge in [-0.2, -0.15) is 9.61 Å². The summed E-state index contributed by atoms with van der Waals surface area (Å²) < 4.78 is 25.4. The molecule has 0 saturated heterocycles. The average Bonchev–Trinajstić information content (AvgIpc) is 3.43. The van der Waals surface area contributed by atoms with E-state index in [-0.39, 0.29) is 24.3 Å². The van der Waals surface area contributed by atoms with Crippen LogP contribution in [0.25, 0.3) is 17.0 Å². The molecule has 2 aromatic heterocycles. The van der Waals surface area contributed by atoms with Crippen LogP contribution in [0.15, 0.2) is 59.6 Å². The number of thioether (sulfide) groups is 1. The molecule has 1 N–H and O–H groups in total. The quantitative estimate of drug-likeness (QED) is 0.464. The highest BCUT2D eigenvalue weighted by molar-refractivity contribution is 7.99. The second-order valence-electron chi connectivity index (χ2n) is 6.73. The van der Waals surface area contributed by atoms with Crippen LogP contribution in [0.5, 0.6) is 11.5 Å². The fraction of sp³-hybridized carbons (Fsp3) is 0.143. The molecule has 5 rings (SSSR count). The Kier molecular flexibility index (Phi) is 5.13. The molecule has 0 bridgehead atoms. The second-order valence-corrected chi connectivity index (χ2v) is 7.72. The van der Waals surface area contributed by atoms with Gasteiger partial charge in [0, 0.05) is 12.1 Å². The number of ether oxygens (including phenoxy) is 2. The molecule has 0 spiro atoms. The number of hydrogen-bond donors (Lipinski definition) is 1. The fourth-order valence-corrected chi connectivity index (χ4v) is 3.75. The van der Waals surface area contributed by atoms with Crippen molar-refractivity contribution in [3.8, 4) is 22.9 Å². The van der Waals surface area contributed by atoms with Crippen molar-refractivity contribution < 1.29 is 18.7 Å². The number of aromatic nitrogens is 4. The Bertz CT molecular complexity index is 1260. The summed E-state index contributed by atoms with van der Waals surface area (Å²) in [5.74, 6) is 1.66. The van der Waals surface area contributed by atoms with Gasteiger partial charge >= 0.3 is 0 Å². The SMILES string of the molecule is O=C(CSc1ccc2nnc(-c3ccc(F)cc3)n2n1)NCc1ccc2c(c1)OCO2. The molecule has 1 amide bonds. The molecule has 1 aliphatic rings. The van der Waals surface area contributed by atoms with E-state index in [1.807, 2.05) is 18.2 Å². The lowest BCUT2D eigenvalue weighted by atomic mass is 10.2. The minimum Gasteiger partial charge on any atom is -0.454 e. The first kappa shape index (κ1) is 19.3. The van der Waals surface area contributed by atoms with E-state index in [1.54, 1.807) is 28.8 Å². The molecular formula is C21H16FN5O3S. The zero-order chi connectivity index (χ0) is 21.2. The summed E-state index contributed by atoms with van der Waals surface area (Å²) in [6, 6.07) is 15.1. The van der Waals surface area contributed by atoms with Crippen molar-refractivity contribution in [2.24, 2.45) is 0 Å². The monoisotopic (exact) mass is 437 g/mol.